The van der Waals surface area contributed by atoms with Gasteiger partial charge in [-0.05, 0) is 44.0 Å². The predicted molar refractivity (Wildman–Crippen MR) is 104 cm³/mol. The van der Waals surface area contributed by atoms with E-state index in [0.717, 1.165) is 22.7 Å². The first-order valence-electron chi connectivity index (χ1n) is 8.80. The Labute approximate surface area is 160 Å². The molecule has 1 aliphatic heterocycles. The van der Waals surface area contributed by atoms with Gasteiger partial charge >= 0.3 is 0 Å². The molecule has 1 fully saturated rings. The first kappa shape index (κ1) is 17.5. The molecule has 2 amide bonds. The van der Waals surface area contributed by atoms with Crippen molar-refractivity contribution in [1.82, 2.24) is 9.88 Å². The number of amides is 2. The highest BCUT2D eigenvalue weighted by Crippen LogP contribution is 2.26. The number of thiazole rings is 1. The number of nitrogens with one attached hydrogen (secondary N) is 1. The average molecular weight is 381 g/mol. The molecule has 7 heteroatoms. The first-order valence-corrected chi connectivity index (χ1v) is 9.68. The van der Waals surface area contributed by atoms with Crippen LogP contribution in [0.4, 0.5) is 5.69 Å². The van der Waals surface area contributed by atoms with E-state index in [1.165, 1.54) is 6.26 Å². The van der Waals surface area contributed by atoms with Crippen LogP contribution in [0.1, 0.15) is 28.4 Å². The molecule has 0 aliphatic carbocycles. The van der Waals surface area contributed by atoms with Gasteiger partial charge in [0.2, 0.25) is 5.91 Å². The Morgan fingerprint density at radius 2 is 2.19 bits per heavy atom. The fraction of sp³-hybridized carbons (Fsp3) is 0.250. The topological polar surface area (TPSA) is 75.4 Å². The third-order valence-corrected chi connectivity index (χ3v) is 5.37. The highest BCUT2D eigenvalue weighted by atomic mass is 32.1. The van der Waals surface area contributed by atoms with Crippen LogP contribution in [-0.2, 0) is 4.79 Å². The van der Waals surface area contributed by atoms with Crippen LogP contribution in [0.15, 0.2) is 52.5 Å². The number of aromatic nitrogens is 1. The van der Waals surface area contributed by atoms with Crippen LogP contribution in [0.2, 0.25) is 0 Å². The molecule has 1 unspecified atom stereocenters. The minimum Gasteiger partial charge on any atom is -0.459 e. The molecule has 27 heavy (non-hydrogen) atoms. The smallest absolute Gasteiger partial charge is 0.290 e. The molecule has 6 nitrogen and oxygen atoms in total. The number of rotatable bonds is 4. The summed E-state index contributed by atoms with van der Waals surface area (Å²) in [6.45, 7) is 2.51. The number of hydrogen-bond donors (Lipinski definition) is 1. The lowest BCUT2D eigenvalue weighted by Gasteiger charge is -2.23. The molecule has 1 aliphatic rings. The highest BCUT2D eigenvalue weighted by Gasteiger charge is 2.35. The number of carbonyl (C=O) groups is 2. The van der Waals surface area contributed by atoms with Gasteiger partial charge in [0.1, 0.15) is 6.04 Å². The Kier molecular flexibility index (Phi) is 4.77. The first-order chi connectivity index (χ1) is 13.1. The second-order valence-corrected chi connectivity index (χ2v) is 7.52. The highest BCUT2D eigenvalue weighted by molar-refractivity contribution is 7.09. The third-order valence-electron chi connectivity index (χ3n) is 4.59. The largest absolute Gasteiger partial charge is 0.459 e. The fourth-order valence-electron chi connectivity index (χ4n) is 3.30. The zero-order valence-electron chi connectivity index (χ0n) is 14.8. The summed E-state index contributed by atoms with van der Waals surface area (Å²) < 4.78 is 5.19. The quantitative estimate of drug-likeness (QED) is 0.742. The molecule has 2 aromatic heterocycles. The van der Waals surface area contributed by atoms with E-state index < -0.39 is 6.04 Å². The lowest BCUT2D eigenvalue weighted by molar-refractivity contribution is -0.119. The maximum atomic E-state index is 12.8. The van der Waals surface area contributed by atoms with Gasteiger partial charge in [0.05, 0.1) is 17.0 Å². The monoisotopic (exact) mass is 381 g/mol. The Morgan fingerprint density at radius 1 is 1.30 bits per heavy atom. The standard InChI is InChI=1S/C20H19N3O3S/c1-13-21-16(12-27-13)14-5-2-6-15(11-14)22-19(24)17-7-3-9-23(17)20(25)18-8-4-10-26-18/h2,4-6,8,10-12,17H,3,7,9H2,1H3,(H,22,24). The van der Waals surface area contributed by atoms with Crippen LogP contribution >= 0.6 is 11.3 Å². The molecule has 3 aromatic rings. The molecule has 4 rings (SSSR count). The summed E-state index contributed by atoms with van der Waals surface area (Å²) >= 11 is 1.59. The number of benzene rings is 1. The fourth-order valence-corrected chi connectivity index (χ4v) is 3.92. The minimum atomic E-state index is -0.493. The summed E-state index contributed by atoms with van der Waals surface area (Å²) in [5.41, 5.74) is 2.54. The normalized spacial score (nSPS) is 16.5. The molecule has 138 valence electrons. The Bertz CT molecular complexity index is 965. The SMILES string of the molecule is Cc1nc(-c2cccc(NC(=O)C3CCCN3C(=O)c3ccco3)c2)cs1. The van der Waals surface area contributed by atoms with Gasteiger partial charge in [-0.2, -0.15) is 0 Å². The maximum absolute atomic E-state index is 12.8. The summed E-state index contributed by atoms with van der Waals surface area (Å²) in [5.74, 6) is -0.168. The van der Waals surface area contributed by atoms with E-state index >= 15 is 0 Å². The second-order valence-electron chi connectivity index (χ2n) is 6.46. The van der Waals surface area contributed by atoms with E-state index in [2.05, 4.69) is 10.3 Å². The van der Waals surface area contributed by atoms with E-state index in [9.17, 15) is 9.59 Å². The van der Waals surface area contributed by atoms with E-state index in [-0.39, 0.29) is 17.6 Å². The zero-order valence-corrected chi connectivity index (χ0v) is 15.7. The maximum Gasteiger partial charge on any atom is 0.290 e. The molecule has 3 heterocycles. The number of likely N-dealkylation sites (tertiary alicyclic amines) is 1. The third kappa shape index (κ3) is 3.64. The number of furan rings is 1. The van der Waals surface area contributed by atoms with Crippen molar-refractivity contribution in [2.45, 2.75) is 25.8 Å². The van der Waals surface area contributed by atoms with Crippen LogP contribution in [0.25, 0.3) is 11.3 Å². The summed E-state index contributed by atoms with van der Waals surface area (Å²) in [7, 11) is 0. The van der Waals surface area contributed by atoms with Crippen molar-refractivity contribution in [2.75, 3.05) is 11.9 Å². The van der Waals surface area contributed by atoms with E-state index in [1.807, 2.05) is 36.6 Å². The van der Waals surface area contributed by atoms with Gasteiger partial charge < -0.3 is 14.6 Å². The molecule has 1 atom stereocenters. The van der Waals surface area contributed by atoms with Crippen LogP contribution in [0.5, 0.6) is 0 Å². The van der Waals surface area contributed by atoms with Gasteiger partial charge in [-0.1, -0.05) is 12.1 Å². The van der Waals surface area contributed by atoms with Gasteiger partial charge in [0.15, 0.2) is 5.76 Å². The van der Waals surface area contributed by atoms with Crippen LogP contribution in [0, 0.1) is 6.92 Å². The average Bonchev–Trinajstić information content (AvgIpc) is 3.42. The molecule has 0 bridgehead atoms. The van der Waals surface area contributed by atoms with Crippen molar-refractivity contribution >= 4 is 28.8 Å². The molecule has 0 saturated carbocycles. The number of nitrogens with zero attached hydrogens (tertiary/aromatic N) is 2. The van der Waals surface area contributed by atoms with Crippen LogP contribution in [-0.4, -0.2) is 34.3 Å². The number of anilines is 1. The van der Waals surface area contributed by atoms with Crippen molar-refractivity contribution in [2.24, 2.45) is 0 Å². The molecule has 1 aromatic carbocycles. The van der Waals surface area contributed by atoms with Gasteiger partial charge in [0.25, 0.3) is 5.91 Å². The molecular formula is C20H19N3O3S. The molecular weight excluding hydrogens is 362 g/mol. The minimum absolute atomic E-state index is 0.181. The van der Waals surface area contributed by atoms with Gasteiger partial charge in [-0.3, -0.25) is 9.59 Å². The van der Waals surface area contributed by atoms with Crippen molar-refractivity contribution in [3.05, 3.63) is 58.8 Å². The summed E-state index contributed by atoms with van der Waals surface area (Å²) in [6, 6.07) is 10.4. The molecule has 1 N–H and O–H groups in total. The van der Waals surface area contributed by atoms with Crippen molar-refractivity contribution in [1.29, 1.82) is 0 Å². The second kappa shape index (κ2) is 7.36. The van der Waals surface area contributed by atoms with E-state index in [4.69, 9.17) is 4.42 Å². The van der Waals surface area contributed by atoms with Crippen molar-refractivity contribution < 1.29 is 14.0 Å². The van der Waals surface area contributed by atoms with E-state index in [0.29, 0.717) is 18.7 Å². The summed E-state index contributed by atoms with van der Waals surface area (Å²) in [6.07, 6.45) is 2.90. The summed E-state index contributed by atoms with van der Waals surface area (Å²) in [4.78, 5) is 31.4. The predicted octanol–water partition coefficient (Wildman–Crippen LogP) is 3.95. The lowest BCUT2D eigenvalue weighted by Crippen LogP contribution is -2.43. The van der Waals surface area contributed by atoms with Crippen molar-refractivity contribution in [3.63, 3.8) is 0 Å². The molecule has 0 spiro atoms. The lowest BCUT2D eigenvalue weighted by atomic mass is 10.1. The van der Waals surface area contributed by atoms with Gasteiger partial charge in [-0.25, -0.2) is 4.98 Å². The Morgan fingerprint density at radius 3 is 2.93 bits per heavy atom. The van der Waals surface area contributed by atoms with Gasteiger partial charge in [0, 0.05) is 23.2 Å². The van der Waals surface area contributed by atoms with Crippen molar-refractivity contribution in [3.8, 4) is 11.3 Å². The van der Waals surface area contributed by atoms with E-state index in [1.54, 1.807) is 28.4 Å². The molecule has 1 saturated heterocycles. The van der Waals surface area contributed by atoms with Crippen LogP contribution < -0.4 is 5.32 Å². The number of hydrogen-bond acceptors (Lipinski definition) is 5. The zero-order chi connectivity index (χ0) is 18.8. The van der Waals surface area contributed by atoms with Gasteiger partial charge in [-0.15, -0.1) is 11.3 Å². The van der Waals surface area contributed by atoms with Crippen LogP contribution in [0.3, 0.4) is 0 Å². The Balaban J connectivity index is 1.49. The number of carbonyl (C=O) groups excluding carboxylic acids is 2. The summed E-state index contributed by atoms with van der Waals surface area (Å²) in [5, 5.41) is 5.94. The Hall–Kier alpha value is -2.93. The number of aryl methyl sites for hydroxylation is 1. The molecule has 0 radical (unpaired) electrons.